The smallest absolute Gasteiger partial charge is 0.320 e. The number of aliphatic hydroxyl groups excluding tert-OH is 1. The van der Waals surface area contributed by atoms with Crippen LogP contribution in [-0.2, 0) is 47.9 Å². The molecule has 13 atom stereocenters. The van der Waals surface area contributed by atoms with Crippen LogP contribution in [0.25, 0.3) is 0 Å². The van der Waals surface area contributed by atoms with E-state index < -0.39 is 162 Å². The van der Waals surface area contributed by atoms with E-state index in [2.05, 4.69) is 34.4 Å². The van der Waals surface area contributed by atoms with Crippen molar-refractivity contribution in [3.63, 3.8) is 0 Å². The van der Waals surface area contributed by atoms with Crippen LogP contribution in [-0.4, -0.2) is 202 Å². The van der Waals surface area contributed by atoms with Crippen molar-refractivity contribution in [1.29, 1.82) is 0 Å². The van der Waals surface area contributed by atoms with Crippen molar-refractivity contribution in [3.05, 3.63) is 37.5 Å². The highest BCUT2D eigenvalue weighted by Crippen LogP contribution is 2.26. The van der Waals surface area contributed by atoms with E-state index in [-0.39, 0.29) is 31.1 Å². The molecule has 0 aromatic heterocycles. The summed E-state index contributed by atoms with van der Waals surface area (Å²) in [5.41, 5.74) is 0. The monoisotopic (exact) mass is 1200 g/mol. The predicted molar refractivity (Wildman–Crippen MR) is 334 cm³/mol. The Kier molecular flexibility index (Phi) is 36.6. The summed E-state index contributed by atoms with van der Waals surface area (Å²) in [4.78, 5) is 164. The molecule has 10 amide bonds. The summed E-state index contributed by atoms with van der Waals surface area (Å²) in [6.07, 6.45) is 6.13. The van der Waals surface area contributed by atoms with E-state index >= 15 is 0 Å². The molecule has 0 aliphatic carbocycles. The molecule has 0 spiro atoms. The van der Waals surface area contributed by atoms with Crippen molar-refractivity contribution in [3.8, 4) is 0 Å². The quantitative estimate of drug-likeness (QED) is 0.159. The second-order valence-electron chi connectivity index (χ2n) is 24.3. The topological polar surface area (TPSA) is 276 Å². The van der Waals surface area contributed by atoms with E-state index in [9.17, 15) is 57.8 Å². The van der Waals surface area contributed by atoms with Crippen molar-refractivity contribution in [2.45, 2.75) is 218 Å². The summed E-state index contributed by atoms with van der Waals surface area (Å²) in [5.74, 6) is -10.3. The van der Waals surface area contributed by atoms with Gasteiger partial charge in [-0.2, -0.15) is 0 Å². The molecule has 1 heterocycles. The highest BCUT2D eigenvalue weighted by Gasteiger charge is 2.44. The SMILES string of the molecule is C/C=C/CC(C)C(O)N1C(=O)NC(CC)C(=O)N(C)CC(=O)N(C)C(CC(C)C)C(=O)NC(C(C)C)C(=O)N(C)C(CC(C)C)C(=O)NC(C)C(=O)NC(C)C(=O)N(C)C(C)C(=O)C(C)C(C)C(=O)N(C)C(C(C)C)C(=O)C1C.C=CC.C=CC. The third-order valence-corrected chi connectivity index (χ3v) is 15.4. The van der Waals surface area contributed by atoms with E-state index in [1.807, 2.05) is 41.5 Å². The van der Waals surface area contributed by atoms with Gasteiger partial charge in [-0.15, -0.1) is 13.2 Å². The van der Waals surface area contributed by atoms with Crippen LogP contribution >= 0.6 is 0 Å². The van der Waals surface area contributed by atoms with Crippen molar-refractivity contribution >= 4 is 64.9 Å². The molecule has 0 radical (unpaired) electrons. The van der Waals surface area contributed by atoms with Crippen LogP contribution in [0.1, 0.15) is 157 Å². The molecular formula is C63H112N10O12. The van der Waals surface area contributed by atoms with Crippen LogP contribution < -0.4 is 21.3 Å². The second-order valence-corrected chi connectivity index (χ2v) is 24.3. The molecule has 0 aromatic carbocycles. The first-order chi connectivity index (χ1) is 39.2. The van der Waals surface area contributed by atoms with Crippen LogP contribution in [0.4, 0.5) is 4.79 Å². The maximum absolute atomic E-state index is 14.8. The Balaban J connectivity index is 0. The number of ketones is 2. The normalized spacial score (nSPS) is 27.1. The van der Waals surface area contributed by atoms with Gasteiger partial charge in [0.05, 0.1) is 24.7 Å². The zero-order chi connectivity index (χ0) is 66.8. The Bertz CT molecular complexity index is 2280. The number of rotatable bonds is 11. The zero-order valence-electron chi connectivity index (χ0n) is 56.2. The molecule has 13 unspecified atom stereocenters. The molecule has 22 nitrogen and oxygen atoms in total. The molecule has 1 rings (SSSR count). The van der Waals surface area contributed by atoms with E-state index in [1.165, 1.54) is 91.5 Å². The summed E-state index contributed by atoms with van der Waals surface area (Å²) in [5, 5.41) is 22.7. The molecule has 1 fully saturated rings. The molecule has 85 heavy (non-hydrogen) atoms. The Morgan fingerprint density at radius 1 is 0.553 bits per heavy atom. The number of nitrogens with zero attached hydrogens (tertiary/aromatic N) is 6. The summed E-state index contributed by atoms with van der Waals surface area (Å²) >= 11 is 0. The lowest BCUT2D eigenvalue weighted by Crippen LogP contribution is -2.62. The number of allylic oxidation sites excluding steroid dienone is 4. The van der Waals surface area contributed by atoms with Gasteiger partial charge in [0.15, 0.2) is 11.6 Å². The van der Waals surface area contributed by atoms with Gasteiger partial charge in [-0.1, -0.05) is 107 Å². The maximum atomic E-state index is 14.8. The molecule has 0 aromatic rings. The molecule has 1 saturated heterocycles. The molecule has 0 saturated carbocycles. The zero-order valence-corrected chi connectivity index (χ0v) is 56.2. The number of carbonyl (C=O) groups is 11. The number of amides is 10. The van der Waals surface area contributed by atoms with Gasteiger partial charge in [-0.25, -0.2) is 4.79 Å². The lowest BCUT2D eigenvalue weighted by molar-refractivity contribution is -0.149. The number of aliphatic hydroxyl groups is 1. The van der Waals surface area contributed by atoms with E-state index in [1.54, 1.807) is 72.8 Å². The van der Waals surface area contributed by atoms with Gasteiger partial charge in [0, 0.05) is 53.0 Å². The number of Topliss-reactive ketones (excluding diaryl/α,β-unsaturated/α-hetero) is 2. The second kappa shape index (κ2) is 38.6. The van der Waals surface area contributed by atoms with Gasteiger partial charge >= 0.3 is 6.03 Å². The lowest BCUT2D eigenvalue weighted by Gasteiger charge is -2.40. The van der Waals surface area contributed by atoms with Crippen LogP contribution in [0, 0.1) is 41.4 Å². The van der Waals surface area contributed by atoms with Crippen LogP contribution in [0.15, 0.2) is 37.5 Å². The van der Waals surface area contributed by atoms with E-state index in [0.717, 1.165) is 14.7 Å². The number of urea groups is 1. The number of likely N-dealkylation sites (N-methyl/N-ethyl adjacent to an activating group) is 5. The van der Waals surface area contributed by atoms with Gasteiger partial charge in [0.25, 0.3) is 0 Å². The standard InChI is InChI=1S/C57H100N10O12.2C3H6/c1-23-25-26-34(11)52(74)67-40(17)48(70)46(33(9)10)66(22)53(75)36(13)35(12)47(69)39(16)63(19)54(76)38(15)59-49(71)37(14)58-50(72)43(28-31(5)6)65(21)56(78)45(32(7)8)61-51(73)42(27-30(3)4)64(20)44(68)29-62(18)55(77)41(24-2)60-57(67)79;2*1-3-2/h23,25,30-43,45-46,52,74H,24,26-29H2,1-22H3,(H,58,72)(H,59,71)(H,60,79)(H,61,73);2*3H,1H2,2H3/b25-23+;;. The first kappa shape index (κ1) is 80.6. The molecular weight excluding hydrogens is 1090 g/mol. The van der Waals surface area contributed by atoms with Crippen molar-refractivity contribution in [2.75, 3.05) is 41.8 Å². The first-order valence-corrected chi connectivity index (χ1v) is 30.1. The molecule has 22 heteroatoms. The minimum atomic E-state index is -1.58. The summed E-state index contributed by atoms with van der Waals surface area (Å²) in [7, 11) is 7.01. The Morgan fingerprint density at radius 2 is 1.02 bits per heavy atom. The highest BCUT2D eigenvalue weighted by molar-refractivity contribution is 6.00. The molecule has 1 aliphatic rings. The van der Waals surface area contributed by atoms with Gasteiger partial charge < -0.3 is 50.9 Å². The average molecular weight is 1200 g/mol. The van der Waals surface area contributed by atoms with Crippen molar-refractivity contribution in [2.24, 2.45) is 41.4 Å². The minimum Gasteiger partial charge on any atom is -0.373 e. The molecule has 0 bridgehead atoms. The molecule has 1 aliphatic heterocycles. The largest absolute Gasteiger partial charge is 0.373 e. The number of hydrogen-bond acceptors (Lipinski definition) is 12. The lowest BCUT2D eigenvalue weighted by atomic mass is 9.86. The minimum absolute atomic E-state index is 0.0206. The highest BCUT2D eigenvalue weighted by atomic mass is 16.3. The van der Waals surface area contributed by atoms with Crippen LogP contribution in [0.5, 0.6) is 0 Å². The predicted octanol–water partition coefficient (Wildman–Crippen LogP) is 5.58. The Hall–Kier alpha value is -6.45. The van der Waals surface area contributed by atoms with Crippen molar-refractivity contribution in [1.82, 2.24) is 50.7 Å². The van der Waals surface area contributed by atoms with Crippen LogP contribution in [0.2, 0.25) is 0 Å². The van der Waals surface area contributed by atoms with Gasteiger partial charge in [-0.3, -0.25) is 52.8 Å². The first-order valence-electron chi connectivity index (χ1n) is 30.1. The Labute approximate surface area is 510 Å². The number of carbonyl (C=O) groups excluding carboxylic acids is 11. The summed E-state index contributed by atoms with van der Waals surface area (Å²) < 4.78 is 0. The molecule has 5 N–H and O–H groups in total. The fourth-order valence-corrected chi connectivity index (χ4v) is 9.69. The fraction of sp³-hybridized carbons (Fsp3) is 0.730. The van der Waals surface area contributed by atoms with Crippen molar-refractivity contribution < 1.29 is 57.8 Å². The third-order valence-electron chi connectivity index (χ3n) is 15.4. The fourth-order valence-electron chi connectivity index (χ4n) is 9.69. The average Bonchev–Trinajstić information content (AvgIpc) is 3.64. The van der Waals surface area contributed by atoms with Gasteiger partial charge in [-0.05, 0) is 97.8 Å². The Morgan fingerprint density at radius 3 is 1.47 bits per heavy atom. The summed E-state index contributed by atoms with van der Waals surface area (Å²) in [6, 6.07) is -11.7. The van der Waals surface area contributed by atoms with E-state index in [0.29, 0.717) is 6.42 Å². The molecule has 486 valence electrons. The van der Waals surface area contributed by atoms with Gasteiger partial charge in [0.2, 0.25) is 47.3 Å². The van der Waals surface area contributed by atoms with Crippen LogP contribution in [0.3, 0.4) is 0 Å². The maximum Gasteiger partial charge on any atom is 0.320 e. The third kappa shape index (κ3) is 24.1. The summed E-state index contributed by atoms with van der Waals surface area (Å²) in [6.45, 7) is 38.2. The number of hydrogen-bond donors (Lipinski definition) is 5. The van der Waals surface area contributed by atoms with E-state index in [4.69, 9.17) is 0 Å². The van der Waals surface area contributed by atoms with Gasteiger partial charge in [0.1, 0.15) is 42.5 Å². The number of nitrogens with one attached hydrogen (secondary N) is 4.